The number of carbonyl (C=O) groups is 3. The van der Waals surface area contributed by atoms with Gasteiger partial charge in [0.15, 0.2) is 0 Å². The van der Waals surface area contributed by atoms with Crippen molar-refractivity contribution in [3.8, 4) is 5.75 Å². The second kappa shape index (κ2) is 8.95. The van der Waals surface area contributed by atoms with Crippen LogP contribution < -0.4 is 10.1 Å². The van der Waals surface area contributed by atoms with Gasteiger partial charge in [0.2, 0.25) is 11.8 Å². The highest BCUT2D eigenvalue weighted by molar-refractivity contribution is 6.03. The fourth-order valence-corrected chi connectivity index (χ4v) is 5.76. The summed E-state index contributed by atoms with van der Waals surface area (Å²) in [7, 11) is 1.56. The van der Waals surface area contributed by atoms with Crippen LogP contribution in [0.5, 0.6) is 5.75 Å². The smallest absolute Gasteiger partial charge is 0.312 e. The molecule has 0 saturated carbocycles. The van der Waals surface area contributed by atoms with Crippen LogP contribution in [0.25, 0.3) is 0 Å². The molecule has 33 heavy (non-hydrogen) atoms. The van der Waals surface area contributed by atoms with Crippen LogP contribution in [0.4, 0.5) is 5.69 Å². The molecule has 3 aliphatic rings. The van der Waals surface area contributed by atoms with E-state index in [1.807, 2.05) is 13.8 Å². The zero-order valence-corrected chi connectivity index (χ0v) is 19.4. The number of hydrogen-bond acceptors (Lipinski definition) is 7. The molecule has 3 aliphatic heterocycles. The molecule has 2 unspecified atom stereocenters. The number of nitrogens with zero attached hydrogens (tertiary/aromatic N) is 1. The molecular formula is C24H32N2O7. The second-order valence-corrected chi connectivity index (χ2v) is 9.27. The minimum absolute atomic E-state index is 0.108. The molecule has 2 amide bonds. The third-order valence-corrected chi connectivity index (χ3v) is 7.22. The molecule has 0 aliphatic carbocycles. The fourth-order valence-electron chi connectivity index (χ4n) is 5.76. The predicted molar refractivity (Wildman–Crippen MR) is 118 cm³/mol. The highest BCUT2D eigenvalue weighted by Gasteiger charge is 2.75. The molecule has 1 spiro atoms. The van der Waals surface area contributed by atoms with Gasteiger partial charge in [0, 0.05) is 5.69 Å². The Balaban J connectivity index is 1.72. The van der Waals surface area contributed by atoms with E-state index in [1.54, 1.807) is 38.3 Å². The first-order valence-electron chi connectivity index (χ1n) is 11.5. The van der Waals surface area contributed by atoms with Crippen LogP contribution in [0.1, 0.15) is 33.6 Å². The molecule has 2 N–H and O–H groups in total. The lowest BCUT2D eigenvalue weighted by Gasteiger charge is -2.38. The van der Waals surface area contributed by atoms with Gasteiger partial charge < -0.3 is 29.5 Å². The zero-order chi connectivity index (χ0) is 23.9. The number of fused-ring (bicyclic) bond motifs is 1. The highest BCUT2D eigenvalue weighted by Crippen LogP contribution is 2.59. The molecule has 4 rings (SSSR count). The molecule has 3 saturated heterocycles. The van der Waals surface area contributed by atoms with Crippen LogP contribution in [0, 0.1) is 17.8 Å². The number of esters is 1. The number of carbonyl (C=O) groups excluding carboxylic acids is 3. The van der Waals surface area contributed by atoms with E-state index in [-0.39, 0.29) is 25.0 Å². The van der Waals surface area contributed by atoms with Gasteiger partial charge in [0.1, 0.15) is 17.4 Å². The van der Waals surface area contributed by atoms with Crippen molar-refractivity contribution in [3.63, 3.8) is 0 Å². The Kier molecular flexibility index (Phi) is 6.37. The number of aliphatic hydroxyl groups excluding tert-OH is 1. The summed E-state index contributed by atoms with van der Waals surface area (Å²) in [6, 6.07) is 5.33. The number of rotatable bonds is 8. The first-order chi connectivity index (χ1) is 15.8. The van der Waals surface area contributed by atoms with Crippen LogP contribution in [-0.4, -0.2) is 71.9 Å². The minimum atomic E-state index is -1.13. The lowest BCUT2D eigenvalue weighted by atomic mass is 9.70. The number of nitrogens with one attached hydrogen (secondary N) is 1. The van der Waals surface area contributed by atoms with Crippen molar-refractivity contribution in [3.05, 3.63) is 24.3 Å². The Morgan fingerprint density at radius 3 is 2.58 bits per heavy atom. The summed E-state index contributed by atoms with van der Waals surface area (Å²) in [6.07, 6.45) is 0.596. The summed E-state index contributed by atoms with van der Waals surface area (Å²) >= 11 is 0. The minimum Gasteiger partial charge on any atom is -0.497 e. The summed E-state index contributed by atoms with van der Waals surface area (Å²) < 4.78 is 16.8. The Morgan fingerprint density at radius 1 is 1.30 bits per heavy atom. The van der Waals surface area contributed by atoms with Gasteiger partial charge in [-0.3, -0.25) is 14.4 Å². The number of likely N-dealkylation sites (tertiary alicyclic amines) is 1. The third-order valence-electron chi connectivity index (χ3n) is 7.22. The maximum Gasteiger partial charge on any atom is 0.312 e. The van der Waals surface area contributed by atoms with Crippen molar-refractivity contribution in [2.45, 2.75) is 57.4 Å². The van der Waals surface area contributed by atoms with Gasteiger partial charge in [0.25, 0.3) is 0 Å². The SMILES string of the molecule is CCOC(=O)[C@@H]1[C@@H]2CCC3(O2)C(C(=O)Nc2ccc(OC)cc2)N([C@@H](CO)C(C)C)C(=O)[C@H]13. The number of benzene rings is 1. The predicted octanol–water partition coefficient (Wildman–Crippen LogP) is 1.59. The molecule has 1 aromatic rings. The van der Waals surface area contributed by atoms with E-state index >= 15 is 0 Å². The van der Waals surface area contributed by atoms with Gasteiger partial charge in [-0.2, -0.15) is 0 Å². The monoisotopic (exact) mass is 460 g/mol. The van der Waals surface area contributed by atoms with Crippen LogP contribution in [0.15, 0.2) is 24.3 Å². The zero-order valence-electron chi connectivity index (χ0n) is 19.4. The van der Waals surface area contributed by atoms with Gasteiger partial charge in [-0.1, -0.05) is 13.8 Å². The number of aliphatic hydroxyl groups is 1. The van der Waals surface area contributed by atoms with E-state index in [9.17, 15) is 19.5 Å². The largest absolute Gasteiger partial charge is 0.497 e. The van der Waals surface area contributed by atoms with E-state index in [0.29, 0.717) is 24.3 Å². The number of amides is 2. The molecule has 6 atom stereocenters. The van der Waals surface area contributed by atoms with Crippen molar-refractivity contribution in [2.75, 3.05) is 25.6 Å². The van der Waals surface area contributed by atoms with E-state index in [2.05, 4.69) is 5.32 Å². The first-order valence-corrected chi connectivity index (χ1v) is 11.5. The summed E-state index contributed by atoms with van der Waals surface area (Å²) in [6.45, 7) is 5.40. The van der Waals surface area contributed by atoms with E-state index < -0.39 is 47.5 Å². The fraction of sp³-hybridized carbons (Fsp3) is 0.625. The highest BCUT2D eigenvalue weighted by atomic mass is 16.6. The van der Waals surface area contributed by atoms with Gasteiger partial charge >= 0.3 is 5.97 Å². The van der Waals surface area contributed by atoms with Gasteiger partial charge in [0.05, 0.1) is 44.3 Å². The van der Waals surface area contributed by atoms with Crippen molar-refractivity contribution in [1.82, 2.24) is 4.90 Å². The number of ether oxygens (including phenoxy) is 3. The molecule has 9 nitrogen and oxygen atoms in total. The third kappa shape index (κ3) is 3.67. The molecule has 3 fully saturated rings. The number of methoxy groups -OCH3 is 1. The standard InChI is InChI=1S/C24H32N2O7/c1-5-32-23(30)18-17-10-11-24(33-17)19(18)22(29)26(16(12-27)13(2)3)20(24)21(28)25-14-6-8-15(31-4)9-7-14/h6-9,13,16-20,27H,5,10-12H2,1-4H3,(H,25,28)/t16-,17-,18+,19-,20?,24?/m0/s1. The average molecular weight is 461 g/mol. The van der Waals surface area contributed by atoms with Crippen molar-refractivity contribution < 1.29 is 33.7 Å². The average Bonchev–Trinajstić information content (AvgIpc) is 3.42. The second-order valence-electron chi connectivity index (χ2n) is 9.27. The lowest BCUT2D eigenvalue weighted by molar-refractivity contribution is -0.155. The van der Waals surface area contributed by atoms with E-state index in [1.165, 1.54) is 4.90 Å². The summed E-state index contributed by atoms with van der Waals surface area (Å²) in [5.74, 6) is -2.22. The van der Waals surface area contributed by atoms with E-state index in [0.717, 1.165) is 0 Å². The molecule has 1 aromatic carbocycles. The molecule has 3 heterocycles. The topological polar surface area (TPSA) is 114 Å². The Bertz CT molecular complexity index is 918. The van der Waals surface area contributed by atoms with E-state index in [4.69, 9.17) is 14.2 Å². The molecule has 2 bridgehead atoms. The lowest BCUT2D eigenvalue weighted by Crippen LogP contribution is -2.57. The molecule has 0 radical (unpaired) electrons. The van der Waals surface area contributed by atoms with Crippen molar-refractivity contribution >= 4 is 23.5 Å². The Labute approximate surface area is 193 Å². The first kappa shape index (κ1) is 23.5. The van der Waals surface area contributed by atoms with Crippen LogP contribution >= 0.6 is 0 Å². The number of anilines is 1. The number of hydrogen-bond donors (Lipinski definition) is 2. The maximum absolute atomic E-state index is 13.8. The summed E-state index contributed by atoms with van der Waals surface area (Å²) in [4.78, 5) is 41.7. The Hall–Kier alpha value is -2.65. The molecular weight excluding hydrogens is 428 g/mol. The van der Waals surface area contributed by atoms with Crippen molar-refractivity contribution in [1.29, 1.82) is 0 Å². The Morgan fingerprint density at radius 2 is 2.00 bits per heavy atom. The van der Waals surface area contributed by atoms with Gasteiger partial charge in [-0.05, 0) is 49.9 Å². The summed E-state index contributed by atoms with van der Waals surface area (Å²) in [5, 5.41) is 13.0. The molecule has 0 aromatic heterocycles. The normalized spacial score (nSPS) is 31.0. The van der Waals surface area contributed by atoms with Crippen LogP contribution in [0.2, 0.25) is 0 Å². The maximum atomic E-state index is 13.8. The van der Waals surface area contributed by atoms with Crippen LogP contribution in [0.3, 0.4) is 0 Å². The molecule has 180 valence electrons. The van der Waals surface area contributed by atoms with Gasteiger partial charge in [-0.15, -0.1) is 0 Å². The summed E-state index contributed by atoms with van der Waals surface area (Å²) in [5.41, 5.74) is -0.578. The quantitative estimate of drug-likeness (QED) is 0.566. The van der Waals surface area contributed by atoms with Crippen LogP contribution in [-0.2, 0) is 23.9 Å². The molecule has 9 heteroatoms. The van der Waals surface area contributed by atoms with Gasteiger partial charge in [-0.25, -0.2) is 0 Å². The van der Waals surface area contributed by atoms with Crippen molar-refractivity contribution in [2.24, 2.45) is 17.8 Å².